The Balaban J connectivity index is 1.77. The summed E-state index contributed by atoms with van der Waals surface area (Å²) in [6.45, 7) is 0.580. The molecule has 0 saturated carbocycles. The molecule has 102 valence electrons. The van der Waals surface area contributed by atoms with E-state index in [-0.39, 0.29) is 5.91 Å². The lowest BCUT2D eigenvalue weighted by molar-refractivity contribution is -0.116. The fourth-order valence-corrected chi connectivity index (χ4v) is 1.94. The van der Waals surface area contributed by atoms with Crippen molar-refractivity contribution in [2.24, 2.45) is 0 Å². The molecule has 1 aromatic heterocycles. The Labute approximate surface area is 123 Å². The van der Waals surface area contributed by atoms with Crippen molar-refractivity contribution in [3.05, 3.63) is 71.0 Å². The Morgan fingerprint density at radius 1 is 1.30 bits per heavy atom. The van der Waals surface area contributed by atoms with Gasteiger partial charge in [0.25, 0.3) is 0 Å². The molecular formula is C16H15ClN2O. The Hall–Kier alpha value is -2.13. The summed E-state index contributed by atoms with van der Waals surface area (Å²) in [4.78, 5) is 15.6. The SMILES string of the molecule is O=C(/C=C/c1cccnc1)NCCc1cccc(Cl)c1. The maximum Gasteiger partial charge on any atom is 0.244 e. The number of aromatic nitrogens is 1. The average Bonchev–Trinajstić information content (AvgIpc) is 2.46. The number of carbonyl (C=O) groups is 1. The number of amides is 1. The van der Waals surface area contributed by atoms with Crippen molar-refractivity contribution in [2.75, 3.05) is 6.54 Å². The minimum atomic E-state index is -0.115. The van der Waals surface area contributed by atoms with Crippen molar-refractivity contribution in [1.82, 2.24) is 10.3 Å². The Kier molecular flexibility index (Phi) is 5.33. The van der Waals surface area contributed by atoms with Gasteiger partial charge in [0.2, 0.25) is 5.91 Å². The second-order valence-corrected chi connectivity index (χ2v) is 4.73. The molecule has 0 aliphatic carbocycles. The zero-order chi connectivity index (χ0) is 14.2. The lowest BCUT2D eigenvalue weighted by Gasteiger charge is -2.03. The van der Waals surface area contributed by atoms with Gasteiger partial charge in [-0.05, 0) is 41.8 Å². The van der Waals surface area contributed by atoms with Gasteiger partial charge in [0.1, 0.15) is 0 Å². The van der Waals surface area contributed by atoms with E-state index in [1.54, 1.807) is 18.5 Å². The zero-order valence-corrected chi connectivity index (χ0v) is 11.7. The first-order chi connectivity index (χ1) is 9.74. The molecule has 2 rings (SSSR count). The normalized spacial score (nSPS) is 10.7. The van der Waals surface area contributed by atoms with Crippen LogP contribution in [0.25, 0.3) is 6.08 Å². The lowest BCUT2D eigenvalue weighted by atomic mass is 10.1. The quantitative estimate of drug-likeness (QED) is 0.858. The number of carbonyl (C=O) groups excluding carboxylic acids is 1. The molecule has 20 heavy (non-hydrogen) atoms. The van der Waals surface area contributed by atoms with Crippen LogP contribution in [0.15, 0.2) is 54.9 Å². The minimum absolute atomic E-state index is 0.115. The Bertz CT molecular complexity index is 596. The van der Waals surface area contributed by atoms with Gasteiger partial charge in [0.05, 0.1) is 0 Å². The summed E-state index contributed by atoms with van der Waals surface area (Å²) in [7, 11) is 0. The van der Waals surface area contributed by atoms with Crippen LogP contribution in [-0.4, -0.2) is 17.4 Å². The topological polar surface area (TPSA) is 42.0 Å². The van der Waals surface area contributed by atoms with Gasteiger partial charge < -0.3 is 5.32 Å². The number of hydrogen-bond acceptors (Lipinski definition) is 2. The molecule has 0 atom stereocenters. The zero-order valence-electron chi connectivity index (χ0n) is 10.9. The van der Waals surface area contributed by atoms with Crippen LogP contribution in [0.1, 0.15) is 11.1 Å². The number of pyridine rings is 1. The molecule has 4 heteroatoms. The standard InChI is InChI=1S/C16H15ClN2O/c17-15-5-1-3-13(11-15)8-10-19-16(20)7-6-14-4-2-9-18-12-14/h1-7,9,11-12H,8,10H2,(H,19,20)/b7-6+. The highest BCUT2D eigenvalue weighted by Crippen LogP contribution is 2.10. The van der Waals surface area contributed by atoms with E-state index in [0.29, 0.717) is 11.6 Å². The number of hydrogen-bond donors (Lipinski definition) is 1. The number of nitrogens with zero attached hydrogens (tertiary/aromatic N) is 1. The summed E-state index contributed by atoms with van der Waals surface area (Å²) in [5, 5.41) is 3.54. The molecule has 1 heterocycles. The van der Waals surface area contributed by atoms with Gasteiger partial charge in [-0.1, -0.05) is 29.8 Å². The molecule has 3 nitrogen and oxygen atoms in total. The molecule has 2 aromatic rings. The van der Waals surface area contributed by atoms with Gasteiger partial charge in [-0.3, -0.25) is 9.78 Å². The Morgan fingerprint density at radius 3 is 2.95 bits per heavy atom. The molecule has 0 spiro atoms. The van der Waals surface area contributed by atoms with E-state index in [0.717, 1.165) is 17.5 Å². The largest absolute Gasteiger partial charge is 0.352 e. The molecule has 0 aliphatic rings. The van der Waals surface area contributed by atoms with Gasteiger partial charge in [-0.2, -0.15) is 0 Å². The van der Waals surface area contributed by atoms with E-state index in [4.69, 9.17) is 11.6 Å². The van der Waals surface area contributed by atoms with Gasteiger partial charge in [0.15, 0.2) is 0 Å². The summed E-state index contributed by atoms with van der Waals surface area (Å²) in [5.41, 5.74) is 2.01. The fraction of sp³-hybridized carbons (Fsp3) is 0.125. The number of rotatable bonds is 5. The van der Waals surface area contributed by atoms with E-state index in [1.807, 2.05) is 36.4 Å². The van der Waals surface area contributed by atoms with Gasteiger partial charge >= 0.3 is 0 Å². The maximum absolute atomic E-state index is 11.6. The van der Waals surface area contributed by atoms with Crippen molar-refractivity contribution in [3.8, 4) is 0 Å². The molecule has 0 fully saturated rings. The average molecular weight is 287 g/mol. The highest BCUT2D eigenvalue weighted by atomic mass is 35.5. The molecule has 0 aliphatic heterocycles. The molecule has 1 amide bonds. The molecule has 1 N–H and O–H groups in total. The van der Waals surface area contributed by atoms with Crippen molar-refractivity contribution in [1.29, 1.82) is 0 Å². The predicted octanol–water partition coefficient (Wildman–Crippen LogP) is 3.11. The van der Waals surface area contributed by atoms with Crippen molar-refractivity contribution < 1.29 is 4.79 Å². The monoisotopic (exact) mass is 286 g/mol. The van der Waals surface area contributed by atoms with Crippen LogP contribution in [0, 0.1) is 0 Å². The molecule has 0 bridgehead atoms. The summed E-state index contributed by atoms with van der Waals surface area (Å²) < 4.78 is 0. The van der Waals surface area contributed by atoms with Gasteiger partial charge in [-0.25, -0.2) is 0 Å². The molecule has 0 saturated heterocycles. The summed E-state index contributed by atoms with van der Waals surface area (Å²) >= 11 is 5.90. The maximum atomic E-state index is 11.6. The van der Waals surface area contributed by atoms with Gasteiger partial charge in [0, 0.05) is 30.0 Å². The third-order valence-corrected chi connectivity index (χ3v) is 2.95. The Morgan fingerprint density at radius 2 is 2.20 bits per heavy atom. The molecule has 1 aromatic carbocycles. The van der Waals surface area contributed by atoms with E-state index in [9.17, 15) is 4.79 Å². The summed E-state index contributed by atoms with van der Waals surface area (Å²) in [6.07, 6.45) is 7.40. The highest BCUT2D eigenvalue weighted by Gasteiger charge is 1.97. The van der Waals surface area contributed by atoms with Crippen molar-refractivity contribution >= 4 is 23.6 Å². The highest BCUT2D eigenvalue weighted by molar-refractivity contribution is 6.30. The molecular weight excluding hydrogens is 272 g/mol. The number of halogens is 1. The van der Waals surface area contributed by atoms with E-state index in [1.165, 1.54) is 6.08 Å². The molecule has 0 radical (unpaired) electrons. The van der Waals surface area contributed by atoms with Crippen LogP contribution >= 0.6 is 11.6 Å². The smallest absolute Gasteiger partial charge is 0.244 e. The van der Waals surface area contributed by atoms with Crippen molar-refractivity contribution in [2.45, 2.75) is 6.42 Å². The predicted molar refractivity (Wildman–Crippen MR) is 81.4 cm³/mol. The third-order valence-electron chi connectivity index (χ3n) is 2.71. The van der Waals surface area contributed by atoms with Crippen LogP contribution in [0.3, 0.4) is 0 Å². The van der Waals surface area contributed by atoms with E-state index in [2.05, 4.69) is 10.3 Å². The fourth-order valence-electron chi connectivity index (χ4n) is 1.73. The number of benzene rings is 1. The lowest BCUT2D eigenvalue weighted by Crippen LogP contribution is -2.23. The third kappa shape index (κ3) is 4.86. The van der Waals surface area contributed by atoms with Crippen LogP contribution in [-0.2, 0) is 11.2 Å². The second kappa shape index (κ2) is 7.46. The van der Waals surface area contributed by atoms with Crippen LogP contribution in [0.5, 0.6) is 0 Å². The van der Waals surface area contributed by atoms with Crippen LogP contribution in [0.2, 0.25) is 5.02 Å². The van der Waals surface area contributed by atoms with E-state index < -0.39 is 0 Å². The summed E-state index contributed by atoms with van der Waals surface area (Å²) in [6, 6.07) is 11.4. The first-order valence-corrected chi connectivity index (χ1v) is 6.72. The first kappa shape index (κ1) is 14.3. The van der Waals surface area contributed by atoms with Crippen molar-refractivity contribution in [3.63, 3.8) is 0 Å². The number of nitrogens with one attached hydrogen (secondary N) is 1. The minimum Gasteiger partial charge on any atom is -0.352 e. The van der Waals surface area contributed by atoms with Gasteiger partial charge in [-0.15, -0.1) is 0 Å². The van der Waals surface area contributed by atoms with Crippen LogP contribution in [0.4, 0.5) is 0 Å². The first-order valence-electron chi connectivity index (χ1n) is 6.34. The van der Waals surface area contributed by atoms with Crippen LogP contribution < -0.4 is 5.32 Å². The molecule has 0 unspecified atom stereocenters. The van der Waals surface area contributed by atoms with E-state index >= 15 is 0 Å². The summed E-state index contributed by atoms with van der Waals surface area (Å²) in [5.74, 6) is -0.115. The second-order valence-electron chi connectivity index (χ2n) is 4.29.